The van der Waals surface area contributed by atoms with Crippen molar-refractivity contribution in [3.63, 3.8) is 0 Å². The third-order valence-electron chi connectivity index (χ3n) is 2.79. The van der Waals surface area contributed by atoms with Gasteiger partial charge in [0.2, 0.25) is 0 Å². The topological polar surface area (TPSA) is 59.3 Å². The molecule has 19 heavy (non-hydrogen) atoms. The first kappa shape index (κ1) is 12.9. The fourth-order valence-corrected chi connectivity index (χ4v) is 1.88. The molecule has 0 spiro atoms. The van der Waals surface area contributed by atoms with Crippen LogP contribution >= 0.6 is 0 Å². The summed E-state index contributed by atoms with van der Waals surface area (Å²) in [6.45, 7) is 1.53. The van der Waals surface area contributed by atoms with Gasteiger partial charge >= 0.3 is 5.97 Å². The molecule has 0 saturated carbocycles. The van der Waals surface area contributed by atoms with Crippen LogP contribution in [0.2, 0.25) is 0 Å². The number of nitrogens with zero attached hydrogens (tertiary/aromatic N) is 1. The molecule has 4 heteroatoms. The summed E-state index contributed by atoms with van der Waals surface area (Å²) < 4.78 is 10.3. The van der Waals surface area contributed by atoms with Crippen LogP contribution in [0.25, 0.3) is 10.8 Å². The zero-order valence-corrected chi connectivity index (χ0v) is 10.7. The van der Waals surface area contributed by atoms with Crippen molar-refractivity contribution in [2.75, 3.05) is 7.11 Å². The normalized spacial score (nSPS) is 11.6. The first-order valence-corrected chi connectivity index (χ1v) is 5.83. The lowest BCUT2D eigenvalue weighted by Gasteiger charge is -2.11. The van der Waals surface area contributed by atoms with Gasteiger partial charge in [0.25, 0.3) is 0 Å². The Morgan fingerprint density at radius 2 is 1.89 bits per heavy atom. The Hall–Kier alpha value is -2.54. The van der Waals surface area contributed by atoms with Crippen molar-refractivity contribution in [2.24, 2.45) is 0 Å². The van der Waals surface area contributed by atoms with E-state index in [0.29, 0.717) is 11.3 Å². The van der Waals surface area contributed by atoms with E-state index in [1.54, 1.807) is 19.2 Å². The molecule has 2 aromatic rings. The quantitative estimate of drug-likeness (QED) is 0.791. The van der Waals surface area contributed by atoms with Crippen LogP contribution in [0.5, 0.6) is 5.75 Å². The third-order valence-corrected chi connectivity index (χ3v) is 2.79. The minimum Gasteiger partial charge on any atom is -0.496 e. The second-order valence-corrected chi connectivity index (χ2v) is 4.04. The smallest absolute Gasteiger partial charge is 0.340 e. The van der Waals surface area contributed by atoms with Crippen molar-refractivity contribution in [3.8, 4) is 11.8 Å². The van der Waals surface area contributed by atoms with Crippen molar-refractivity contribution >= 4 is 16.7 Å². The van der Waals surface area contributed by atoms with Gasteiger partial charge in [0.15, 0.2) is 6.10 Å². The molecule has 0 aromatic heterocycles. The zero-order chi connectivity index (χ0) is 13.8. The Morgan fingerprint density at radius 1 is 1.21 bits per heavy atom. The molecule has 2 aromatic carbocycles. The molecule has 0 unspecified atom stereocenters. The number of rotatable bonds is 3. The van der Waals surface area contributed by atoms with Gasteiger partial charge in [-0.2, -0.15) is 5.26 Å². The lowest BCUT2D eigenvalue weighted by Crippen LogP contribution is -2.13. The van der Waals surface area contributed by atoms with E-state index in [1.807, 2.05) is 30.3 Å². The van der Waals surface area contributed by atoms with Crippen molar-refractivity contribution in [1.29, 1.82) is 5.26 Å². The van der Waals surface area contributed by atoms with Crippen LogP contribution in [-0.4, -0.2) is 19.2 Å². The molecule has 0 aliphatic carbocycles. The standard InChI is InChI=1S/C15H13NO3/c1-10(9-16)19-15(17)13-7-8-14(18-2)12-6-4-3-5-11(12)13/h3-8,10H,1-2H3/t10-/m1/s1. The van der Waals surface area contributed by atoms with Gasteiger partial charge < -0.3 is 9.47 Å². The highest BCUT2D eigenvalue weighted by molar-refractivity contribution is 6.06. The Bertz CT molecular complexity index is 658. The summed E-state index contributed by atoms with van der Waals surface area (Å²) in [5.74, 6) is 0.188. The van der Waals surface area contributed by atoms with Gasteiger partial charge in [-0.15, -0.1) is 0 Å². The minimum atomic E-state index is -0.770. The summed E-state index contributed by atoms with van der Waals surface area (Å²) in [5.41, 5.74) is 0.429. The van der Waals surface area contributed by atoms with Gasteiger partial charge in [0.05, 0.1) is 12.7 Å². The molecule has 0 heterocycles. The van der Waals surface area contributed by atoms with Crippen molar-refractivity contribution in [1.82, 2.24) is 0 Å². The number of carbonyl (C=O) groups is 1. The van der Waals surface area contributed by atoms with E-state index in [4.69, 9.17) is 14.7 Å². The predicted molar refractivity (Wildman–Crippen MR) is 71.0 cm³/mol. The fourth-order valence-electron chi connectivity index (χ4n) is 1.88. The van der Waals surface area contributed by atoms with Crippen LogP contribution in [-0.2, 0) is 4.74 Å². The van der Waals surface area contributed by atoms with Crippen molar-refractivity contribution in [3.05, 3.63) is 42.0 Å². The van der Waals surface area contributed by atoms with E-state index < -0.39 is 12.1 Å². The Kier molecular flexibility index (Phi) is 3.67. The summed E-state index contributed by atoms with van der Waals surface area (Å²) in [6, 6.07) is 12.6. The van der Waals surface area contributed by atoms with E-state index in [2.05, 4.69) is 0 Å². The second-order valence-electron chi connectivity index (χ2n) is 4.04. The van der Waals surface area contributed by atoms with E-state index in [1.165, 1.54) is 6.92 Å². The maximum atomic E-state index is 12.0. The van der Waals surface area contributed by atoms with E-state index in [0.717, 1.165) is 10.8 Å². The zero-order valence-electron chi connectivity index (χ0n) is 10.7. The number of hydrogen-bond acceptors (Lipinski definition) is 4. The van der Waals surface area contributed by atoms with Gasteiger partial charge in [0, 0.05) is 5.39 Å². The Morgan fingerprint density at radius 3 is 2.53 bits per heavy atom. The highest BCUT2D eigenvalue weighted by Crippen LogP contribution is 2.28. The van der Waals surface area contributed by atoms with E-state index >= 15 is 0 Å². The van der Waals surface area contributed by atoms with Gasteiger partial charge in [-0.05, 0) is 24.4 Å². The molecule has 0 aliphatic heterocycles. The van der Waals surface area contributed by atoms with Crippen LogP contribution in [0.3, 0.4) is 0 Å². The summed E-state index contributed by atoms with van der Waals surface area (Å²) in [4.78, 5) is 12.0. The lowest BCUT2D eigenvalue weighted by atomic mass is 10.0. The molecule has 0 radical (unpaired) electrons. The predicted octanol–water partition coefficient (Wildman–Crippen LogP) is 2.92. The average molecular weight is 255 g/mol. The first-order valence-electron chi connectivity index (χ1n) is 5.83. The highest BCUT2D eigenvalue weighted by Gasteiger charge is 2.16. The SMILES string of the molecule is COc1ccc(C(=O)O[C@H](C)C#N)c2ccccc12. The maximum absolute atomic E-state index is 12.0. The van der Waals surface area contributed by atoms with Crippen molar-refractivity contribution in [2.45, 2.75) is 13.0 Å². The maximum Gasteiger partial charge on any atom is 0.340 e. The molecule has 1 atom stereocenters. The number of fused-ring (bicyclic) bond motifs is 1. The van der Waals surface area contributed by atoms with Crippen LogP contribution in [0, 0.1) is 11.3 Å². The molecule has 0 bridgehead atoms. The number of nitriles is 1. The Labute approximate surface area is 111 Å². The number of methoxy groups -OCH3 is 1. The molecule has 2 rings (SSSR count). The minimum absolute atomic E-state index is 0.429. The monoisotopic (exact) mass is 255 g/mol. The van der Waals surface area contributed by atoms with E-state index in [9.17, 15) is 4.79 Å². The summed E-state index contributed by atoms with van der Waals surface area (Å²) in [5, 5.41) is 10.3. The lowest BCUT2D eigenvalue weighted by molar-refractivity contribution is 0.0438. The third kappa shape index (κ3) is 2.50. The summed E-state index contributed by atoms with van der Waals surface area (Å²) in [7, 11) is 1.58. The van der Waals surface area contributed by atoms with Crippen LogP contribution in [0.1, 0.15) is 17.3 Å². The van der Waals surface area contributed by atoms with Crippen LogP contribution < -0.4 is 4.74 Å². The summed E-state index contributed by atoms with van der Waals surface area (Å²) >= 11 is 0. The molecule has 0 N–H and O–H groups in total. The first-order chi connectivity index (χ1) is 9.17. The molecular weight excluding hydrogens is 242 g/mol. The highest BCUT2D eigenvalue weighted by atomic mass is 16.5. The Balaban J connectivity index is 2.51. The second kappa shape index (κ2) is 5.40. The number of benzene rings is 2. The fraction of sp³-hybridized carbons (Fsp3) is 0.200. The van der Waals surface area contributed by atoms with Gasteiger partial charge in [-0.1, -0.05) is 24.3 Å². The van der Waals surface area contributed by atoms with Crippen molar-refractivity contribution < 1.29 is 14.3 Å². The van der Waals surface area contributed by atoms with Crippen LogP contribution in [0.15, 0.2) is 36.4 Å². The van der Waals surface area contributed by atoms with E-state index in [-0.39, 0.29) is 0 Å². The molecule has 4 nitrogen and oxygen atoms in total. The molecule has 0 amide bonds. The van der Waals surface area contributed by atoms with Gasteiger partial charge in [-0.25, -0.2) is 4.79 Å². The number of esters is 1. The summed E-state index contributed by atoms with van der Waals surface area (Å²) in [6.07, 6.45) is -0.770. The number of ether oxygens (including phenoxy) is 2. The van der Waals surface area contributed by atoms with Gasteiger partial charge in [0.1, 0.15) is 11.8 Å². The molecular formula is C15H13NO3. The molecule has 96 valence electrons. The molecule has 0 fully saturated rings. The number of hydrogen-bond donors (Lipinski definition) is 0. The average Bonchev–Trinajstić information content (AvgIpc) is 2.45. The molecule has 0 aliphatic rings. The molecule has 0 saturated heterocycles. The largest absolute Gasteiger partial charge is 0.496 e. The van der Waals surface area contributed by atoms with Gasteiger partial charge in [-0.3, -0.25) is 0 Å². The van der Waals surface area contributed by atoms with Crippen LogP contribution in [0.4, 0.5) is 0 Å². The number of carbonyl (C=O) groups excluding carboxylic acids is 1.